The van der Waals surface area contributed by atoms with Crippen molar-refractivity contribution in [1.29, 1.82) is 0 Å². The molecule has 0 spiro atoms. The molecular formula is C23H46SiSn. The zero-order valence-electron chi connectivity index (χ0n) is 18.6. The number of rotatable bonds is 13. The van der Waals surface area contributed by atoms with Gasteiger partial charge in [-0.05, 0) is 0 Å². The summed E-state index contributed by atoms with van der Waals surface area (Å²) < 4.78 is 6.36. The molecule has 0 fully saturated rings. The first-order valence-corrected chi connectivity index (χ1v) is 22.1. The molecule has 0 amide bonds. The summed E-state index contributed by atoms with van der Waals surface area (Å²) in [5.41, 5.74) is 3.76. The third-order valence-electron chi connectivity index (χ3n) is 5.08. The maximum atomic E-state index is 3.85. The minimum atomic E-state index is -2.34. The van der Waals surface area contributed by atoms with Gasteiger partial charge < -0.3 is 0 Å². The summed E-state index contributed by atoms with van der Waals surface area (Å²) >= 11 is -2.34. The van der Waals surface area contributed by atoms with Crippen LogP contribution in [-0.4, -0.2) is 26.5 Å². The van der Waals surface area contributed by atoms with Crippen LogP contribution in [0.25, 0.3) is 0 Å². The molecule has 0 rings (SSSR count). The van der Waals surface area contributed by atoms with E-state index in [1.165, 1.54) is 57.8 Å². The van der Waals surface area contributed by atoms with Crippen molar-refractivity contribution in [1.82, 2.24) is 0 Å². The van der Waals surface area contributed by atoms with Gasteiger partial charge in [0.05, 0.1) is 0 Å². The summed E-state index contributed by atoms with van der Waals surface area (Å²) in [5.74, 6) is 3.85. The molecule has 0 aromatic carbocycles. The zero-order chi connectivity index (χ0) is 19.2. The first kappa shape index (κ1) is 25.3. The Hall–Kier alpha value is 0.316. The van der Waals surface area contributed by atoms with E-state index >= 15 is 0 Å². The minimum absolute atomic E-state index is 1.26. The fourth-order valence-electron chi connectivity index (χ4n) is 3.43. The van der Waals surface area contributed by atoms with Crippen LogP contribution < -0.4 is 0 Å². The van der Waals surface area contributed by atoms with Crippen LogP contribution in [0.15, 0.2) is 9.67 Å². The van der Waals surface area contributed by atoms with E-state index in [1.54, 1.807) is 16.9 Å². The molecule has 0 heterocycles. The van der Waals surface area contributed by atoms with Gasteiger partial charge in [0.2, 0.25) is 0 Å². The van der Waals surface area contributed by atoms with Gasteiger partial charge >= 0.3 is 166 Å². The second-order valence-corrected chi connectivity index (χ2v) is 26.7. The molecule has 0 aromatic heterocycles. The van der Waals surface area contributed by atoms with Gasteiger partial charge in [-0.15, -0.1) is 0 Å². The van der Waals surface area contributed by atoms with Gasteiger partial charge in [-0.1, -0.05) is 0 Å². The summed E-state index contributed by atoms with van der Waals surface area (Å²) in [6.45, 7) is 16.6. The molecule has 0 aliphatic carbocycles. The molecule has 0 aliphatic rings. The van der Waals surface area contributed by atoms with Crippen LogP contribution in [0.2, 0.25) is 33.0 Å². The van der Waals surface area contributed by atoms with Crippen LogP contribution in [0.4, 0.5) is 0 Å². The quantitative estimate of drug-likeness (QED) is 0.144. The Kier molecular flexibility index (Phi) is 14.6. The molecule has 0 aliphatic heterocycles. The zero-order valence-corrected chi connectivity index (χ0v) is 22.4. The van der Waals surface area contributed by atoms with Gasteiger partial charge in [0, 0.05) is 0 Å². The van der Waals surface area contributed by atoms with Crippen molar-refractivity contribution in [2.45, 2.75) is 118 Å². The van der Waals surface area contributed by atoms with Crippen LogP contribution in [-0.2, 0) is 0 Å². The molecule has 0 atom stereocenters. The Labute approximate surface area is 165 Å². The third-order valence-corrected chi connectivity index (χ3v) is 21.4. The van der Waals surface area contributed by atoms with E-state index in [1.807, 2.05) is 0 Å². The fraction of sp³-hybridized carbons (Fsp3) is 0.826. The van der Waals surface area contributed by atoms with Gasteiger partial charge in [0.25, 0.3) is 0 Å². The van der Waals surface area contributed by atoms with Crippen LogP contribution in [0.1, 0.15) is 85.5 Å². The predicted octanol–water partition coefficient (Wildman–Crippen LogP) is 8.37. The molecule has 0 N–H and O–H groups in total. The third kappa shape index (κ3) is 11.6. The SMILES string of the molecule is CCCC/C=[C](\C#C[Si](C)(C)C)[Sn]([CH2]CCC)([CH2]CCC)[CH2]CCC. The van der Waals surface area contributed by atoms with Crippen LogP contribution in [0.3, 0.4) is 0 Å². The number of hydrogen-bond donors (Lipinski definition) is 0. The maximum absolute atomic E-state index is 3.85. The molecule has 0 saturated carbocycles. The van der Waals surface area contributed by atoms with Crippen molar-refractivity contribution in [2.75, 3.05) is 0 Å². The normalized spacial score (nSPS) is 12.8. The summed E-state index contributed by atoms with van der Waals surface area (Å²) in [7, 11) is -1.31. The molecular weight excluding hydrogens is 423 g/mol. The number of unbranched alkanes of at least 4 members (excludes halogenated alkanes) is 5. The molecule has 0 saturated heterocycles. The first-order valence-electron chi connectivity index (χ1n) is 11.1. The molecule has 2 heteroatoms. The molecule has 25 heavy (non-hydrogen) atoms. The molecule has 0 aromatic rings. The first-order chi connectivity index (χ1) is 11.8. The van der Waals surface area contributed by atoms with Crippen molar-refractivity contribution in [3.05, 3.63) is 9.67 Å². The van der Waals surface area contributed by atoms with Gasteiger partial charge in [-0.25, -0.2) is 0 Å². The van der Waals surface area contributed by atoms with Crippen molar-refractivity contribution >= 4 is 26.5 Å². The van der Waals surface area contributed by atoms with E-state index in [9.17, 15) is 0 Å². The molecule has 0 radical (unpaired) electrons. The van der Waals surface area contributed by atoms with Crippen molar-refractivity contribution in [3.8, 4) is 11.5 Å². The average Bonchev–Trinajstić information content (AvgIpc) is 2.57. The molecule has 0 bridgehead atoms. The van der Waals surface area contributed by atoms with E-state index in [4.69, 9.17) is 0 Å². The molecule has 0 nitrogen and oxygen atoms in total. The van der Waals surface area contributed by atoms with Crippen molar-refractivity contribution in [3.63, 3.8) is 0 Å². The molecule has 0 unspecified atom stereocenters. The Morgan fingerprint density at radius 1 is 0.760 bits per heavy atom. The van der Waals surface area contributed by atoms with Gasteiger partial charge in [0.1, 0.15) is 0 Å². The standard InChI is InChI=1S/C11H19Si.3C4H9.Sn/c1-5-6-7-8-9-10-11-12(2,3)4;3*1-3-4-2;/h8H,5-7H2,1-4H3;3*1,3-4H2,2H3;. The Balaban J connectivity index is 5.84. The number of hydrogen-bond acceptors (Lipinski definition) is 0. The Morgan fingerprint density at radius 2 is 1.20 bits per heavy atom. The van der Waals surface area contributed by atoms with Crippen molar-refractivity contribution in [2.24, 2.45) is 0 Å². The topological polar surface area (TPSA) is 0 Å². The summed E-state index contributed by atoms with van der Waals surface area (Å²) in [6, 6.07) is 0. The van der Waals surface area contributed by atoms with Crippen LogP contribution >= 0.6 is 0 Å². The second kappa shape index (κ2) is 14.4. The number of allylic oxidation sites excluding steroid dienone is 2. The summed E-state index contributed by atoms with van der Waals surface area (Å²) in [5, 5.41) is 0. The van der Waals surface area contributed by atoms with E-state index in [0.717, 1.165) is 0 Å². The van der Waals surface area contributed by atoms with E-state index in [2.05, 4.69) is 64.9 Å². The average molecular weight is 469 g/mol. The van der Waals surface area contributed by atoms with Gasteiger partial charge in [0.15, 0.2) is 0 Å². The van der Waals surface area contributed by atoms with Crippen LogP contribution in [0, 0.1) is 11.5 Å². The van der Waals surface area contributed by atoms with Crippen molar-refractivity contribution < 1.29 is 0 Å². The second-order valence-electron chi connectivity index (χ2n) is 8.85. The van der Waals surface area contributed by atoms with Gasteiger partial charge in [-0.2, -0.15) is 0 Å². The summed E-state index contributed by atoms with van der Waals surface area (Å²) in [4.78, 5) is 0. The van der Waals surface area contributed by atoms with Crippen LogP contribution in [0.5, 0.6) is 0 Å². The monoisotopic (exact) mass is 470 g/mol. The Morgan fingerprint density at radius 3 is 1.56 bits per heavy atom. The van der Waals surface area contributed by atoms with E-state index < -0.39 is 26.5 Å². The summed E-state index contributed by atoms with van der Waals surface area (Å²) in [6.07, 6.45) is 14.9. The van der Waals surface area contributed by atoms with E-state index in [-0.39, 0.29) is 0 Å². The fourth-order valence-corrected chi connectivity index (χ4v) is 20.1. The predicted molar refractivity (Wildman–Crippen MR) is 124 cm³/mol. The molecule has 146 valence electrons. The van der Waals surface area contributed by atoms with Gasteiger partial charge in [-0.3, -0.25) is 0 Å². The van der Waals surface area contributed by atoms with E-state index in [0.29, 0.717) is 0 Å². The Bertz CT molecular complexity index is 398.